The number of oxazole rings is 1. The van der Waals surface area contributed by atoms with Crippen LogP contribution in [0.15, 0.2) is 33.2 Å². The van der Waals surface area contributed by atoms with Crippen molar-refractivity contribution in [2.45, 2.75) is 6.54 Å². The SMILES string of the molecule is CN=C(NCCSC)NCc1coc(-c2cccs2)n1. The molecule has 0 aromatic carbocycles. The molecule has 2 aromatic rings. The van der Waals surface area contributed by atoms with Gasteiger partial charge in [0.25, 0.3) is 0 Å². The van der Waals surface area contributed by atoms with Gasteiger partial charge in [0.2, 0.25) is 5.89 Å². The van der Waals surface area contributed by atoms with Crippen LogP contribution in [-0.4, -0.2) is 36.5 Å². The number of nitrogens with one attached hydrogen (secondary N) is 2. The van der Waals surface area contributed by atoms with Crippen molar-refractivity contribution in [2.24, 2.45) is 4.99 Å². The molecule has 7 heteroatoms. The number of hydrogen-bond acceptors (Lipinski definition) is 5. The Hall–Kier alpha value is -1.47. The van der Waals surface area contributed by atoms with Gasteiger partial charge in [0.1, 0.15) is 6.26 Å². The number of aliphatic imine (C=N–C) groups is 1. The van der Waals surface area contributed by atoms with Gasteiger partial charge in [-0.2, -0.15) is 11.8 Å². The Morgan fingerprint density at radius 2 is 2.40 bits per heavy atom. The molecule has 0 saturated heterocycles. The van der Waals surface area contributed by atoms with E-state index >= 15 is 0 Å². The molecule has 0 aliphatic rings. The van der Waals surface area contributed by atoms with E-state index in [4.69, 9.17) is 4.42 Å². The first-order valence-corrected chi connectivity index (χ1v) is 8.52. The molecule has 2 aromatic heterocycles. The van der Waals surface area contributed by atoms with E-state index in [1.165, 1.54) is 0 Å². The largest absolute Gasteiger partial charge is 0.443 e. The molecule has 2 heterocycles. The summed E-state index contributed by atoms with van der Waals surface area (Å²) in [5, 5.41) is 8.46. The number of aromatic nitrogens is 1. The normalized spacial score (nSPS) is 11.6. The van der Waals surface area contributed by atoms with Gasteiger partial charge in [-0.25, -0.2) is 4.98 Å². The molecule has 0 unspecified atom stereocenters. The van der Waals surface area contributed by atoms with Crippen LogP contribution >= 0.6 is 23.1 Å². The quantitative estimate of drug-likeness (QED) is 0.487. The zero-order chi connectivity index (χ0) is 14.2. The molecule has 5 nitrogen and oxygen atoms in total. The van der Waals surface area contributed by atoms with Crippen LogP contribution in [0.25, 0.3) is 10.8 Å². The van der Waals surface area contributed by atoms with Crippen molar-refractivity contribution < 1.29 is 4.42 Å². The van der Waals surface area contributed by atoms with E-state index in [9.17, 15) is 0 Å². The summed E-state index contributed by atoms with van der Waals surface area (Å²) in [6, 6.07) is 3.98. The Bertz CT molecular complexity index is 536. The van der Waals surface area contributed by atoms with Gasteiger partial charge in [-0.15, -0.1) is 11.3 Å². The highest BCUT2D eigenvalue weighted by Gasteiger charge is 2.07. The smallest absolute Gasteiger partial charge is 0.236 e. The average molecular weight is 310 g/mol. The minimum absolute atomic E-state index is 0.591. The molecule has 0 aliphatic heterocycles. The second-order valence-electron chi connectivity index (χ2n) is 3.97. The lowest BCUT2D eigenvalue weighted by atomic mass is 10.4. The molecular formula is C13H18N4OS2. The van der Waals surface area contributed by atoms with Crippen molar-refractivity contribution in [2.75, 3.05) is 25.6 Å². The van der Waals surface area contributed by atoms with Crippen molar-refractivity contribution in [3.8, 4) is 10.8 Å². The third-order valence-corrected chi connectivity index (χ3v) is 4.01. The second-order valence-corrected chi connectivity index (χ2v) is 5.90. The molecule has 2 rings (SSSR count). The fourth-order valence-electron chi connectivity index (χ4n) is 1.57. The molecule has 20 heavy (non-hydrogen) atoms. The summed E-state index contributed by atoms with van der Waals surface area (Å²) in [5.41, 5.74) is 0.862. The Morgan fingerprint density at radius 3 is 3.10 bits per heavy atom. The Labute approximate surface area is 126 Å². The van der Waals surface area contributed by atoms with Crippen molar-refractivity contribution >= 4 is 29.1 Å². The number of thiophene rings is 1. The molecule has 0 spiro atoms. The van der Waals surface area contributed by atoms with Crippen LogP contribution in [0.5, 0.6) is 0 Å². The summed E-state index contributed by atoms with van der Waals surface area (Å²) in [5.74, 6) is 2.49. The van der Waals surface area contributed by atoms with Gasteiger partial charge < -0.3 is 15.1 Å². The van der Waals surface area contributed by atoms with Crippen LogP contribution in [0.2, 0.25) is 0 Å². The van der Waals surface area contributed by atoms with Crippen LogP contribution in [-0.2, 0) is 6.54 Å². The molecule has 0 atom stereocenters. The highest BCUT2D eigenvalue weighted by atomic mass is 32.2. The molecule has 0 aliphatic carbocycles. The summed E-state index contributed by atoms with van der Waals surface area (Å²) in [4.78, 5) is 9.65. The Kier molecular flexibility index (Phi) is 5.94. The zero-order valence-corrected chi connectivity index (χ0v) is 13.2. The van der Waals surface area contributed by atoms with Crippen LogP contribution in [0.1, 0.15) is 5.69 Å². The maximum Gasteiger partial charge on any atom is 0.236 e. The maximum absolute atomic E-state index is 5.47. The van der Waals surface area contributed by atoms with E-state index in [0.717, 1.165) is 28.8 Å². The first-order chi connectivity index (χ1) is 9.83. The maximum atomic E-state index is 5.47. The highest BCUT2D eigenvalue weighted by molar-refractivity contribution is 7.98. The molecule has 0 radical (unpaired) electrons. The van der Waals surface area contributed by atoms with Crippen molar-refractivity contribution in [1.29, 1.82) is 0 Å². The summed E-state index contributed by atoms with van der Waals surface area (Å²) >= 11 is 3.42. The summed E-state index contributed by atoms with van der Waals surface area (Å²) in [6.45, 7) is 1.48. The number of nitrogens with zero attached hydrogens (tertiary/aromatic N) is 2. The third-order valence-electron chi connectivity index (χ3n) is 2.54. The highest BCUT2D eigenvalue weighted by Crippen LogP contribution is 2.23. The first kappa shape index (κ1) is 14.9. The predicted molar refractivity (Wildman–Crippen MR) is 86.4 cm³/mol. The van der Waals surface area contributed by atoms with E-state index < -0.39 is 0 Å². The zero-order valence-electron chi connectivity index (χ0n) is 11.5. The van der Waals surface area contributed by atoms with Crippen LogP contribution < -0.4 is 10.6 Å². The van der Waals surface area contributed by atoms with E-state index in [1.807, 2.05) is 17.5 Å². The van der Waals surface area contributed by atoms with Crippen molar-refractivity contribution in [1.82, 2.24) is 15.6 Å². The summed E-state index contributed by atoms with van der Waals surface area (Å²) in [6.07, 6.45) is 3.76. The molecule has 0 saturated carbocycles. The Morgan fingerprint density at radius 1 is 1.50 bits per heavy atom. The third kappa shape index (κ3) is 4.28. The lowest BCUT2D eigenvalue weighted by molar-refractivity contribution is 0.573. The standard InChI is InChI=1S/C13H18N4OS2/c1-14-13(15-5-7-19-2)16-8-10-9-18-12(17-10)11-4-3-6-20-11/h3-4,6,9H,5,7-8H2,1-2H3,(H2,14,15,16). The number of rotatable bonds is 6. The Balaban J connectivity index is 1.84. The molecule has 0 fully saturated rings. The number of thioether (sulfide) groups is 1. The molecule has 2 N–H and O–H groups in total. The van der Waals surface area contributed by atoms with Gasteiger partial charge in [0.15, 0.2) is 5.96 Å². The first-order valence-electron chi connectivity index (χ1n) is 6.25. The van der Waals surface area contributed by atoms with E-state index in [2.05, 4.69) is 26.9 Å². The van der Waals surface area contributed by atoms with Gasteiger partial charge >= 0.3 is 0 Å². The minimum Gasteiger partial charge on any atom is -0.443 e. The fraction of sp³-hybridized carbons (Fsp3) is 0.385. The van der Waals surface area contributed by atoms with Crippen LogP contribution in [0, 0.1) is 0 Å². The van der Waals surface area contributed by atoms with Crippen LogP contribution in [0.3, 0.4) is 0 Å². The average Bonchev–Trinajstić information content (AvgIpc) is 3.12. The molecule has 0 bridgehead atoms. The van der Waals surface area contributed by atoms with Gasteiger partial charge in [-0.1, -0.05) is 6.07 Å². The lowest BCUT2D eigenvalue weighted by Crippen LogP contribution is -2.38. The van der Waals surface area contributed by atoms with Gasteiger partial charge in [-0.3, -0.25) is 4.99 Å². The monoisotopic (exact) mass is 310 g/mol. The topological polar surface area (TPSA) is 62.5 Å². The van der Waals surface area contributed by atoms with Crippen molar-refractivity contribution in [3.63, 3.8) is 0 Å². The van der Waals surface area contributed by atoms with E-state index in [0.29, 0.717) is 12.4 Å². The molecule has 0 amide bonds. The van der Waals surface area contributed by atoms with Crippen LogP contribution in [0.4, 0.5) is 0 Å². The van der Waals surface area contributed by atoms with Crippen molar-refractivity contribution in [3.05, 3.63) is 29.5 Å². The number of hydrogen-bond donors (Lipinski definition) is 2. The van der Waals surface area contributed by atoms with E-state index in [1.54, 1.807) is 36.4 Å². The van der Waals surface area contributed by atoms with Gasteiger partial charge in [0.05, 0.1) is 17.1 Å². The van der Waals surface area contributed by atoms with Gasteiger partial charge in [0, 0.05) is 19.3 Å². The summed E-state index contributed by atoms with van der Waals surface area (Å²) in [7, 11) is 1.76. The fourth-order valence-corrected chi connectivity index (χ4v) is 2.53. The molecular weight excluding hydrogens is 292 g/mol. The predicted octanol–water partition coefficient (Wildman–Crippen LogP) is 2.43. The summed E-state index contributed by atoms with van der Waals surface area (Å²) < 4.78 is 5.47. The minimum atomic E-state index is 0.591. The molecule has 108 valence electrons. The van der Waals surface area contributed by atoms with E-state index in [-0.39, 0.29) is 0 Å². The second kappa shape index (κ2) is 7.96. The lowest BCUT2D eigenvalue weighted by Gasteiger charge is -2.09. The van der Waals surface area contributed by atoms with Gasteiger partial charge in [-0.05, 0) is 17.7 Å². The number of guanidine groups is 1.